The molecule has 7 heteroatoms. The average Bonchev–Trinajstić information content (AvgIpc) is 2.98. The quantitative estimate of drug-likeness (QED) is 0.410. The maximum absolute atomic E-state index is 5.91. The van der Waals surface area contributed by atoms with Crippen LogP contribution in [0.25, 0.3) is 0 Å². The van der Waals surface area contributed by atoms with Gasteiger partial charge >= 0.3 is 0 Å². The van der Waals surface area contributed by atoms with Crippen LogP contribution < -0.4 is 5.32 Å². The van der Waals surface area contributed by atoms with Crippen LogP contribution in [0.1, 0.15) is 22.4 Å². The van der Waals surface area contributed by atoms with Gasteiger partial charge in [-0.2, -0.15) is 0 Å². The Morgan fingerprint density at radius 3 is 2.61 bits per heavy atom. The van der Waals surface area contributed by atoms with Crippen molar-refractivity contribution in [3.05, 3.63) is 50.9 Å². The molecule has 126 valence electrons. The summed E-state index contributed by atoms with van der Waals surface area (Å²) >= 11 is 7.65. The highest BCUT2D eigenvalue weighted by Gasteiger charge is 2.08. The van der Waals surface area contributed by atoms with E-state index in [2.05, 4.69) is 27.1 Å². The van der Waals surface area contributed by atoms with Gasteiger partial charge in [-0.05, 0) is 24.1 Å². The summed E-state index contributed by atoms with van der Waals surface area (Å²) in [5.41, 5.74) is 1.19. The highest BCUT2D eigenvalue weighted by atomic mass is 127. The van der Waals surface area contributed by atoms with E-state index >= 15 is 0 Å². The molecule has 0 spiro atoms. The van der Waals surface area contributed by atoms with Crippen LogP contribution in [0.3, 0.4) is 0 Å². The first-order valence-corrected chi connectivity index (χ1v) is 8.41. The van der Waals surface area contributed by atoms with E-state index in [0.717, 1.165) is 29.0 Å². The van der Waals surface area contributed by atoms with E-state index < -0.39 is 0 Å². The van der Waals surface area contributed by atoms with Crippen LogP contribution in [0, 0.1) is 0 Å². The maximum Gasteiger partial charge on any atom is 0.194 e. The summed E-state index contributed by atoms with van der Waals surface area (Å²) in [4.78, 5) is 12.1. The Balaban J connectivity index is 0.00000264. The molecule has 0 atom stereocenters. The standard InChI is InChI=1S/C16H21ClN4S.HI/c1-4-14-9-19-15(22-14)10-20-16(18-2)21(3)11-12-5-7-13(17)8-6-12;/h5-9H,4,10-11H2,1-3H3,(H,18,20);1H. The van der Waals surface area contributed by atoms with Crippen LogP contribution in [-0.2, 0) is 19.5 Å². The van der Waals surface area contributed by atoms with Crippen LogP contribution in [-0.4, -0.2) is 29.9 Å². The van der Waals surface area contributed by atoms with Crippen LogP contribution in [0.4, 0.5) is 0 Å². The molecule has 1 N–H and O–H groups in total. The smallest absolute Gasteiger partial charge is 0.194 e. The van der Waals surface area contributed by atoms with Crippen molar-refractivity contribution in [1.29, 1.82) is 0 Å². The normalized spacial score (nSPS) is 11.0. The molecule has 0 aliphatic heterocycles. The van der Waals surface area contributed by atoms with E-state index in [-0.39, 0.29) is 24.0 Å². The van der Waals surface area contributed by atoms with Crippen molar-refractivity contribution < 1.29 is 0 Å². The van der Waals surface area contributed by atoms with Crippen LogP contribution in [0.5, 0.6) is 0 Å². The molecule has 0 aliphatic carbocycles. The molecule has 0 bridgehead atoms. The number of nitrogens with zero attached hydrogens (tertiary/aromatic N) is 3. The van der Waals surface area contributed by atoms with Crippen molar-refractivity contribution >= 4 is 52.9 Å². The number of nitrogens with one attached hydrogen (secondary N) is 1. The van der Waals surface area contributed by atoms with Crippen LogP contribution >= 0.6 is 46.9 Å². The Morgan fingerprint density at radius 1 is 1.35 bits per heavy atom. The molecule has 23 heavy (non-hydrogen) atoms. The number of hydrogen-bond acceptors (Lipinski definition) is 3. The van der Waals surface area contributed by atoms with Gasteiger partial charge in [0.25, 0.3) is 0 Å². The Hall–Kier alpha value is -0.860. The first-order chi connectivity index (χ1) is 10.6. The molecular formula is C16H22ClIN4S. The Bertz CT molecular complexity index is 627. The van der Waals surface area contributed by atoms with Gasteiger partial charge in [0.1, 0.15) is 5.01 Å². The van der Waals surface area contributed by atoms with Crippen LogP contribution in [0.15, 0.2) is 35.5 Å². The summed E-state index contributed by atoms with van der Waals surface area (Å²) in [6.45, 7) is 3.61. The topological polar surface area (TPSA) is 40.5 Å². The summed E-state index contributed by atoms with van der Waals surface area (Å²) in [6.07, 6.45) is 2.98. The van der Waals surface area contributed by atoms with Gasteiger partial charge in [0.2, 0.25) is 0 Å². The minimum atomic E-state index is 0. The van der Waals surface area contributed by atoms with Gasteiger partial charge in [0, 0.05) is 36.7 Å². The monoisotopic (exact) mass is 464 g/mol. The largest absolute Gasteiger partial charge is 0.350 e. The number of thiazole rings is 1. The minimum Gasteiger partial charge on any atom is -0.350 e. The fraction of sp³-hybridized carbons (Fsp3) is 0.375. The first kappa shape index (κ1) is 20.2. The van der Waals surface area contributed by atoms with Crippen molar-refractivity contribution in [2.75, 3.05) is 14.1 Å². The molecule has 0 unspecified atom stereocenters. The fourth-order valence-electron chi connectivity index (χ4n) is 2.07. The number of halogens is 2. The molecule has 1 heterocycles. The number of rotatable bonds is 5. The van der Waals surface area contributed by atoms with Crippen LogP contribution in [0.2, 0.25) is 5.02 Å². The zero-order chi connectivity index (χ0) is 15.9. The van der Waals surface area contributed by atoms with Gasteiger partial charge in [0.15, 0.2) is 5.96 Å². The lowest BCUT2D eigenvalue weighted by Gasteiger charge is -2.21. The maximum atomic E-state index is 5.91. The zero-order valence-corrected chi connectivity index (χ0v) is 17.4. The molecule has 0 amide bonds. The van der Waals surface area contributed by atoms with Gasteiger partial charge in [-0.1, -0.05) is 30.7 Å². The molecule has 1 aromatic heterocycles. The second-order valence-electron chi connectivity index (χ2n) is 4.96. The van der Waals surface area contributed by atoms with E-state index in [9.17, 15) is 0 Å². The van der Waals surface area contributed by atoms with E-state index in [1.54, 1.807) is 18.4 Å². The Kier molecular flexibility index (Phi) is 8.86. The fourth-order valence-corrected chi connectivity index (χ4v) is 3.00. The second kappa shape index (κ2) is 10.1. The summed E-state index contributed by atoms with van der Waals surface area (Å²) in [6, 6.07) is 7.87. The Morgan fingerprint density at radius 2 is 2.04 bits per heavy atom. The van der Waals surface area contributed by atoms with Crippen molar-refractivity contribution in [3.63, 3.8) is 0 Å². The summed E-state index contributed by atoms with van der Waals surface area (Å²) in [5, 5.41) is 5.19. The van der Waals surface area contributed by atoms with Gasteiger partial charge in [-0.15, -0.1) is 35.3 Å². The van der Waals surface area contributed by atoms with Gasteiger partial charge < -0.3 is 10.2 Å². The molecule has 4 nitrogen and oxygen atoms in total. The molecule has 0 saturated carbocycles. The summed E-state index contributed by atoms with van der Waals surface area (Å²) in [7, 11) is 3.81. The third-order valence-electron chi connectivity index (χ3n) is 3.25. The Labute approximate surface area is 164 Å². The van der Waals surface area contributed by atoms with E-state index in [1.807, 2.05) is 37.5 Å². The molecule has 2 rings (SSSR count). The lowest BCUT2D eigenvalue weighted by molar-refractivity contribution is 0.476. The molecule has 0 fully saturated rings. The first-order valence-electron chi connectivity index (χ1n) is 7.22. The van der Waals surface area contributed by atoms with E-state index in [1.165, 1.54) is 10.4 Å². The molecule has 0 aliphatic rings. The molecule has 0 saturated heterocycles. The van der Waals surface area contributed by atoms with E-state index in [4.69, 9.17) is 11.6 Å². The summed E-state index contributed by atoms with van der Waals surface area (Å²) < 4.78 is 0. The number of guanidine groups is 1. The number of benzene rings is 1. The molecule has 0 radical (unpaired) electrons. The second-order valence-corrected chi connectivity index (χ2v) is 6.59. The van der Waals surface area contributed by atoms with E-state index in [0.29, 0.717) is 6.54 Å². The van der Waals surface area contributed by atoms with Crippen molar-refractivity contribution in [3.8, 4) is 0 Å². The summed E-state index contributed by atoms with van der Waals surface area (Å²) in [5.74, 6) is 0.850. The number of aryl methyl sites for hydroxylation is 1. The van der Waals surface area contributed by atoms with Crippen molar-refractivity contribution in [1.82, 2.24) is 15.2 Å². The third-order valence-corrected chi connectivity index (χ3v) is 4.65. The highest BCUT2D eigenvalue weighted by molar-refractivity contribution is 14.0. The number of aliphatic imine (C=N–C) groups is 1. The van der Waals surface area contributed by atoms with Gasteiger partial charge in [-0.3, -0.25) is 4.99 Å². The van der Waals surface area contributed by atoms with Gasteiger partial charge in [-0.25, -0.2) is 4.98 Å². The molecule has 1 aromatic carbocycles. The van der Waals surface area contributed by atoms with Gasteiger partial charge in [0.05, 0.1) is 6.54 Å². The number of aromatic nitrogens is 1. The predicted molar refractivity (Wildman–Crippen MR) is 110 cm³/mol. The average molecular weight is 465 g/mol. The molecule has 2 aromatic rings. The zero-order valence-electron chi connectivity index (χ0n) is 13.5. The van der Waals surface area contributed by atoms with Crippen molar-refractivity contribution in [2.45, 2.75) is 26.4 Å². The molecular weight excluding hydrogens is 443 g/mol. The SMILES string of the molecule is CCc1cnc(CNC(=NC)N(C)Cc2ccc(Cl)cc2)s1.I. The van der Waals surface area contributed by atoms with Crippen molar-refractivity contribution in [2.24, 2.45) is 4.99 Å². The lowest BCUT2D eigenvalue weighted by Crippen LogP contribution is -2.38. The predicted octanol–water partition coefficient (Wildman–Crippen LogP) is 4.18. The number of hydrogen-bond donors (Lipinski definition) is 1. The highest BCUT2D eigenvalue weighted by Crippen LogP contribution is 2.13. The lowest BCUT2D eigenvalue weighted by atomic mass is 10.2. The minimum absolute atomic E-state index is 0. The third kappa shape index (κ3) is 6.27.